The molecule has 3 rings (SSSR count). The minimum absolute atomic E-state index is 0.149. The number of fused-ring (bicyclic) bond motifs is 1. The summed E-state index contributed by atoms with van der Waals surface area (Å²) in [6, 6.07) is 12.0. The Morgan fingerprint density at radius 1 is 1.11 bits per heavy atom. The second-order valence-electron chi connectivity index (χ2n) is 6.06. The second-order valence-corrected chi connectivity index (χ2v) is 8.41. The molecule has 0 fully saturated rings. The van der Waals surface area contributed by atoms with Crippen molar-refractivity contribution in [1.82, 2.24) is 4.57 Å². The number of aromatic nitrogens is 1. The average molecular weight is 417 g/mol. The van der Waals surface area contributed by atoms with Crippen molar-refractivity contribution in [3.8, 4) is 11.5 Å². The van der Waals surface area contributed by atoms with Crippen LogP contribution >= 0.6 is 23.1 Å². The van der Waals surface area contributed by atoms with Gasteiger partial charge in [0.15, 0.2) is 16.3 Å². The molecule has 0 saturated heterocycles. The molecule has 0 aliphatic heterocycles. The number of rotatable bonds is 7. The van der Waals surface area contributed by atoms with Crippen LogP contribution in [0.2, 0.25) is 0 Å². The number of methoxy groups -OCH3 is 2. The van der Waals surface area contributed by atoms with E-state index in [1.54, 1.807) is 26.0 Å². The minimum Gasteiger partial charge on any atom is -0.493 e. The molecular formula is C21H24N2O3S2. The fraction of sp³-hybridized carbons (Fsp3) is 0.333. The highest BCUT2D eigenvalue weighted by Gasteiger charge is 2.12. The number of thiazole rings is 1. The Kier molecular flexibility index (Phi) is 6.80. The van der Waals surface area contributed by atoms with Crippen molar-refractivity contribution in [3.05, 3.63) is 46.8 Å². The first kappa shape index (κ1) is 20.5. The van der Waals surface area contributed by atoms with E-state index in [9.17, 15) is 4.79 Å². The van der Waals surface area contributed by atoms with Gasteiger partial charge in [0.05, 0.1) is 30.9 Å². The average Bonchev–Trinajstić information content (AvgIpc) is 3.04. The first-order valence-corrected chi connectivity index (χ1v) is 10.9. The fourth-order valence-electron chi connectivity index (χ4n) is 2.98. The van der Waals surface area contributed by atoms with Crippen LogP contribution in [0.3, 0.4) is 0 Å². The molecule has 7 heteroatoms. The number of nitrogens with zero attached hydrogens (tertiary/aromatic N) is 2. The lowest BCUT2D eigenvalue weighted by atomic mass is 10.1. The Labute approximate surface area is 173 Å². The molecule has 0 aliphatic rings. The van der Waals surface area contributed by atoms with Crippen LogP contribution in [0.5, 0.6) is 11.5 Å². The van der Waals surface area contributed by atoms with E-state index in [0.29, 0.717) is 29.3 Å². The SMILES string of the molecule is CCSc1ccc(CC(=O)N=c2sc3cc(OC)c(OC)cc3n2CC)cc1. The first-order chi connectivity index (χ1) is 13.6. The van der Waals surface area contributed by atoms with Crippen LogP contribution in [0.15, 0.2) is 46.3 Å². The first-order valence-electron chi connectivity index (χ1n) is 9.14. The molecule has 1 amide bonds. The third-order valence-electron chi connectivity index (χ3n) is 4.31. The highest BCUT2D eigenvalue weighted by atomic mass is 32.2. The van der Waals surface area contributed by atoms with Gasteiger partial charge in [-0.15, -0.1) is 11.8 Å². The van der Waals surface area contributed by atoms with Crippen molar-refractivity contribution in [2.24, 2.45) is 4.99 Å². The van der Waals surface area contributed by atoms with Gasteiger partial charge in [-0.05, 0) is 30.4 Å². The van der Waals surface area contributed by atoms with E-state index >= 15 is 0 Å². The summed E-state index contributed by atoms with van der Waals surface area (Å²) < 4.78 is 13.8. The Morgan fingerprint density at radius 2 is 1.79 bits per heavy atom. The molecule has 0 aliphatic carbocycles. The Hall–Kier alpha value is -2.25. The van der Waals surface area contributed by atoms with Crippen LogP contribution in [-0.2, 0) is 17.8 Å². The van der Waals surface area contributed by atoms with E-state index in [-0.39, 0.29) is 5.91 Å². The van der Waals surface area contributed by atoms with E-state index in [2.05, 4.69) is 24.0 Å². The van der Waals surface area contributed by atoms with Gasteiger partial charge < -0.3 is 14.0 Å². The zero-order chi connectivity index (χ0) is 20.1. The summed E-state index contributed by atoms with van der Waals surface area (Å²) in [7, 11) is 3.23. The van der Waals surface area contributed by atoms with Crippen LogP contribution in [0.1, 0.15) is 19.4 Å². The maximum atomic E-state index is 12.6. The summed E-state index contributed by atoms with van der Waals surface area (Å²) in [5, 5.41) is 0. The van der Waals surface area contributed by atoms with Crippen LogP contribution in [0.25, 0.3) is 10.2 Å². The quantitative estimate of drug-likeness (QED) is 0.531. The van der Waals surface area contributed by atoms with Crippen molar-refractivity contribution < 1.29 is 14.3 Å². The Morgan fingerprint density at radius 3 is 2.39 bits per heavy atom. The van der Waals surface area contributed by atoms with Gasteiger partial charge in [-0.1, -0.05) is 30.4 Å². The number of benzene rings is 2. The molecule has 2 aromatic carbocycles. The largest absolute Gasteiger partial charge is 0.493 e. The molecular weight excluding hydrogens is 392 g/mol. The van der Waals surface area contributed by atoms with Crippen molar-refractivity contribution in [3.63, 3.8) is 0 Å². The van der Waals surface area contributed by atoms with Crippen LogP contribution in [0.4, 0.5) is 0 Å². The summed E-state index contributed by atoms with van der Waals surface area (Å²) in [6.07, 6.45) is 0.293. The minimum atomic E-state index is -0.149. The summed E-state index contributed by atoms with van der Waals surface area (Å²) in [4.78, 5) is 18.8. The number of amides is 1. The van der Waals surface area contributed by atoms with Gasteiger partial charge >= 0.3 is 0 Å². The number of carbonyl (C=O) groups is 1. The Balaban J connectivity index is 1.92. The molecule has 0 bridgehead atoms. The molecule has 0 spiro atoms. The molecule has 0 radical (unpaired) electrons. The van der Waals surface area contributed by atoms with Crippen molar-refractivity contribution in [2.45, 2.75) is 31.7 Å². The van der Waals surface area contributed by atoms with Crippen molar-refractivity contribution in [2.75, 3.05) is 20.0 Å². The van der Waals surface area contributed by atoms with Gasteiger partial charge in [0, 0.05) is 23.6 Å². The summed E-state index contributed by atoms with van der Waals surface area (Å²) in [5.41, 5.74) is 1.96. The van der Waals surface area contributed by atoms with E-state index in [1.807, 2.05) is 35.8 Å². The molecule has 0 N–H and O–H groups in total. The van der Waals surface area contributed by atoms with Crippen LogP contribution in [0, 0.1) is 0 Å². The van der Waals surface area contributed by atoms with Crippen molar-refractivity contribution >= 4 is 39.2 Å². The molecule has 5 nitrogen and oxygen atoms in total. The number of hydrogen-bond acceptors (Lipinski definition) is 5. The normalized spacial score (nSPS) is 11.8. The zero-order valence-electron chi connectivity index (χ0n) is 16.5. The van der Waals surface area contributed by atoms with Crippen molar-refractivity contribution in [1.29, 1.82) is 0 Å². The van der Waals surface area contributed by atoms with E-state index in [1.165, 1.54) is 16.2 Å². The highest BCUT2D eigenvalue weighted by molar-refractivity contribution is 7.99. The van der Waals surface area contributed by atoms with Gasteiger partial charge in [-0.2, -0.15) is 4.99 Å². The fourth-order valence-corrected chi connectivity index (χ4v) is 4.76. The number of hydrogen-bond donors (Lipinski definition) is 0. The monoisotopic (exact) mass is 416 g/mol. The molecule has 0 unspecified atom stereocenters. The summed E-state index contributed by atoms with van der Waals surface area (Å²) >= 11 is 3.27. The lowest BCUT2D eigenvalue weighted by molar-refractivity contribution is -0.117. The van der Waals surface area contributed by atoms with E-state index in [4.69, 9.17) is 9.47 Å². The maximum absolute atomic E-state index is 12.6. The molecule has 1 aromatic heterocycles. The number of thioether (sulfide) groups is 1. The lowest BCUT2D eigenvalue weighted by Gasteiger charge is -2.08. The number of carbonyl (C=O) groups excluding carboxylic acids is 1. The molecule has 148 valence electrons. The number of aryl methyl sites for hydroxylation is 1. The standard InChI is InChI=1S/C21H24N2O3S2/c1-5-23-16-12-17(25-3)18(26-4)13-19(16)28-21(23)22-20(24)11-14-7-9-15(10-8-14)27-6-2/h7-10,12-13H,5-6,11H2,1-4H3. The van der Waals surface area contributed by atoms with E-state index < -0.39 is 0 Å². The third-order valence-corrected chi connectivity index (χ3v) is 6.25. The van der Waals surface area contributed by atoms with Crippen LogP contribution < -0.4 is 14.3 Å². The molecule has 1 heterocycles. The van der Waals surface area contributed by atoms with Gasteiger partial charge in [0.2, 0.25) is 0 Å². The number of ether oxygens (including phenoxy) is 2. The lowest BCUT2D eigenvalue weighted by Crippen LogP contribution is -2.16. The van der Waals surface area contributed by atoms with E-state index in [0.717, 1.165) is 21.5 Å². The molecule has 3 aromatic rings. The summed E-state index contributed by atoms with van der Waals surface area (Å²) in [5.74, 6) is 2.22. The molecule has 28 heavy (non-hydrogen) atoms. The Bertz CT molecular complexity index is 1040. The smallest absolute Gasteiger partial charge is 0.252 e. The molecule has 0 saturated carbocycles. The van der Waals surface area contributed by atoms with Gasteiger partial charge in [-0.25, -0.2) is 0 Å². The zero-order valence-corrected chi connectivity index (χ0v) is 18.2. The highest BCUT2D eigenvalue weighted by Crippen LogP contribution is 2.33. The maximum Gasteiger partial charge on any atom is 0.252 e. The summed E-state index contributed by atoms with van der Waals surface area (Å²) in [6.45, 7) is 4.88. The predicted molar refractivity (Wildman–Crippen MR) is 116 cm³/mol. The third kappa shape index (κ3) is 4.42. The van der Waals surface area contributed by atoms with Gasteiger partial charge in [0.25, 0.3) is 5.91 Å². The predicted octanol–water partition coefficient (Wildman–Crippen LogP) is 4.52. The molecule has 0 atom stereocenters. The second kappa shape index (κ2) is 9.30. The topological polar surface area (TPSA) is 52.8 Å². The van der Waals surface area contributed by atoms with Gasteiger partial charge in [0.1, 0.15) is 0 Å². The van der Waals surface area contributed by atoms with Crippen LogP contribution in [-0.4, -0.2) is 30.4 Å². The van der Waals surface area contributed by atoms with Gasteiger partial charge in [-0.3, -0.25) is 4.79 Å².